The molecule has 0 amide bonds. The van der Waals surface area contributed by atoms with Crippen LogP contribution in [0, 0.1) is 0 Å². The van der Waals surface area contributed by atoms with Gasteiger partial charge in [0.2, 0.25) is 5.13 Å². The van der Waals surface area contributed by atoms with Crippen LogP contribution in [0.4, 0.5) is 5.13 Å². The van der Waals surface area contributed by atoms with E-state index < -0.39 is 0 Å². The van der Waals surface area contributed by atoms with E-state index in [4.69, 9.17) is 4.74 Å². The molecule has 0 radical (unpaired) electrons. The second kappa shape index (κ2) is 5.97. The van der Waals surface area contributed by atoms with E-state index in [1.165, 1.54) is 11.3 Å². The number of nitrogens with one attached hydrogen (secondary N) is 1. The van der Waals surface area contributed by atoms with Gasteiger partial charge in [-0.15, -0.1) is 10.2 Å². The van der Waals surface area contributed by atoms with Gasteiger partial charge >= 0.3 is 0 Å². The fourth-order valence-corrected chi connectivity index (χ4v) is 2.36. The highest BCUT2D eigenvalue weighted by atomic mass is 79.9. The Morgan fingerprint density at radius 3 is 2.94 bits per heavy atom. The lowest BCUT2D eigenvalue weighted by molar-refractivity contribution is 0.302. The third-order valence-electron chi connectivity index (χ3n) is 1.98. The number of benzene rings is 1. The fourth-order valence-electron chi connectivity index (χ4n) is 1.24. The third kappa shape index (κ3) is 3.41. The summed E-state index contributed by atoms with van der Waals surface area (Å²) < 4.78 is 6.59. The highest BCUT2D eigenvalue weighted by Crippen LogP contribution is 2.25. The Bertz CT molecular complexity index is 489. The number of halogens is 1. The molecule has 0 aliphatic heterocycles. The van der Waals surface area contributed by atoms with Crippen molar-refractivity contribution in [3.63, 3.8) is 0 Å². The molecule has 6 heteroatoms. The molecule has 1 N–H and O–H groups in total. The molecule has 2 rings (SSSR count). The summed E-state index contributed by atoms with van der Waals surface area (Å²) in [6.45, 7) is 3.31. The average Bonchev–Trinajstić information content (AvgIpc) is 2.76. The van der Waals surface area contributed by atoms with Crippen LogP contribution in [0.1, 0.15) is 11.9 Å². The largest absolute Gasteiger partial charge is 0.485 e. The molecule has 17 heavy (non-hydrogen) atoms. The lowest BCUT2D eigenvalue weighted by atomic mass is 10.3. The molecule has 90 valence electrons. The van der Waals surface area contributed by atoms with Crippen molar-refractivity contribution in [2.75, 3.05) is 11.9 Å². The van der Waals surface area contributed by atoms with Gasteiger partial charge in [0, 0.05) is 6.54 Å². The van der Waals surface area contributed by atoms with Crippen LogP contribution < -0.4 is 10.1 Å². The second-order valence-corrected chi connectivity index (χ2v) is 5.17. The van der Waals surface area contributed by atoms with Crippen molar-refractivity contribution in [3.8, 4) is 5.75 Å². The van der Waals surface area contributed by atoms with Crippen LogP contribution in [0.3, 0.4) is 0 Å². The van der Waals surface area contributed by atoms with E-state index in [2.05, 4.69) is 31.4 Å². The zero-order valence-corrected chi connectivity index (χ0v) is 11.7. The van der Waals surface area contributed by atoms with Gasteiger partial charge in [-0.05, 0) is 35.0 Å². The van der Waals surface area contributed by atoms with E-state index in [-0.39, 0.29) is 0 Å². The number of hydrogen-bond donors (Lipinski definition) is 1. The molecule has 0 aliphatic rings. The number of aromatic nitrogens is 2. The predicted octanol–water partition coefficient (Wildman–Crippen LogP) is 3.31. The van der Waals surface area contributed by atoms with Crippen LogP contribution in [-0.4, -0.2) is 16.7 Å². The molecule has 0 spiro atoms. The molecule has 0 bridgehead atoms. The first-order chi connectivity index (χ1) is 8.29. The van der Waals surface area contributed by atoms with Gasteiger partial charge in [-0.1, -0.05) is 23.5 Å². The monoisotopic (exact) mass is 313 g/mol. The van der Waals surface area contributed by atoms with E-state index in [9.17, 15) is 0 Å². The summed E-state index contributed by atoms with van der Waals surface area (Å²) in [6, 6.07) is 7.74. The summed E-state index contributed by atoms with van der Waals surface area (Å²) in [5.74, 6) is 0.813. The maximum absolute atomic E-state index is 5.65. The summed E-state index contributed by atoms with van der Waals surface area (Å²) in [5.41, 5.74) is 0. The maximum atomic E-state index is 5.65. The summed E-state index contributed by atoms with van der Waals surface area (Å²) in [4.78, 5) is 0. The van der Waals surface area contributed by atoms with Crippen LogP contribution in [0.2, 0.25) is 0 Å². The summed E-state index contributed by atoms with van der Waals surface area (Å²) >= 11 is 4.94. The number of anilines is 1. The van der Waals surface area contributed by atoms with E-state index >= 15 is 0 Å². The molecule has 2 aromatic rings. The normalized spacial score (nSPS) is 10.2. The van der Waals surface area contributed by atoms with Gasteiger partial charge in [0.15, 0.2) is 5.01 Å². The molecule has 0 saturated carbocycles. The molecule has 1 aromatic heterocycles. The number of para-hydroxylation sites is 1. The van der Waals surface area contributed by atoms with E-state index in [1.807, 2.05) is 31.2 Å². The lowest BCUT2D eigenvalue weighted by Crippen LogP contribution is -1.95. The van der Waals surface area contributed by atoms with Crippen LogP contribution in [-0.2, 0) is 6.61 Å². The van der Waals surface area contributed by atoms with Crippen molar-refractivity contribution in [2.45, 2.75) is 13.5 Å². The minimum Gasteiger partial charge on any atom is -0.485 e. The van der Waals surface area contributed by atoms with Gasteiger partial charge in [0.05, 0.1) is 4.47 Å². The Balaban J connectivity index is 1.95. The van der Waals surface area contributed by atoms with Crippen molar-refractivity contribution >= 4 is 32.4 Å². The summed E-state index contributed by atoms with van der Waals surface area (Å²) in [7, 11) is 0. The quantitative estimate of drug-likeness (QED) is 0.920. The summed E-state index contributed by atoms with van der Waals surface area (Å²) in [6.07, 6.45) is 0. The molecule has 1 aromatic carbocycles. The number of nitrogens with zero attached hydrogens (tertiary/aromatic N) is 2. The number of hydrogen-bond acceptors (Lipinski definition) is 5. The molecule has 4 nitrogen and oxygen atoms in total. The Morgan fingerprint density at radius 1 is 1.35 bits per heavy atom. The zero-order chi connectivity index (χ0) is 12.1. The Morgan fingerprint density at radius 2 is 2.18 bits per heavy atom. The molecule has 0 unspecified atom stereocenters. The maximum Gasteiger partial charge on any atom is 0.205 e. The molecule has 0 fully saturated rings. The molecule has 1 heterocycles. The highest BCUT2D eigenvalue weighted by molar-refractivity contribution is 9.10. The second-order valence-electron chi connectivity index (χ2n) is 3.25. The topological polar surface area (TPSA) is 47.0 Å². The number of ether oxygens (including phenoxy) is 1. The van der Waals surface area contributed by atoms with Crippen LogP contribution in [0.25, 0.3) is 0 Å². The number of rotatable bonds is 5. The minimum atomic E-state index is 0.436. The predicted molar refractivity (Wildman–Crippen MR) is 72.5 cm³/mol. The minimum absolute atomic E-state index is 0.436. The molecular weight excluding hydrogens is 302 g/mol. The fraction of sp³-hybridized carbons (Fsp3) is 0.273. The smallest absolute Gasteiger partial charge is 0.205 e. The van der Waals surface area contributed by atoms with Crippen molar-refractivity contribution < 1.29 is 4.74 Å². The van der Waals surface area contributed by atoms with Crippen LogP contribution in [0.15, 0.2) is 28.7 Å². The SMILES string of the molecule is CCNc1nnc(COc2ccccc2Br)s1. The first-order valence-corrected chi connectivity index (χ1v) is 6.84. The van der Waals surface area contributed by atoms with Crippen molar-refractivity contribution in [3.05, 3.63) is 33.7 Å². The first kappa shape index (κ1) is 12.3. The van der Waals surface area contributed by atoms with E-state index in [1.54, 1.807) is 0 Å². The average molecular weight is 314 g/mol. The van der Waals surface area contributed by atoms with Gasteiger partial charge in [-0.25, -0.2) is 0 Å². The highest BCUT2D eigenvalue weighted by Gasteiger charge is 2.05. The van der Waals surface area contributed by atoms with Gasteiger partial charge in [-0.2, -0.15) is 0 Å². The Kier molecular flexibility index (Phi) is 4.33. The Hall–Kier alpha value is -1.14. The molecule has 0 atom stereocenters. The lowest BCUT2D eigenvalue weighted by Gasteiger charge is -2.04. The van der Waals surface area contributed by atoms with Crippen molar-refractivity contribution in [1.29, 1.82) is 0 Å². The van der Waals surface area contributed by atoms with Gasteiger partial charge in [0.25, 0.3) is 0 Å². The molecule has 0 aliphatic carbocycles. The molecule has 0 saturated heterocycles. The van der Waals surface area contributed by atoms with Crippen molar-refractivity contribution in [2.24, 2.45) is 0 Å². The Labute approximate surface area is 112 Å². The zero-order valence-electron chi connectivity index (χ0n) is 9.31. The third-order valence-corrected chi connectivity index (χ3v) is 3.49. The standard InChI is InChI=1S/C11H12BrN3OS/c1-2-13-11-15-14-10(17-11)7-16-9-6-4-3-5-8(9)12/h3-6H,2,7H2,1H3,(H,13,15). The van der Waals surface area contributed by atoms with Crippen LogP contribution >= 0.6 is 27.3 Å². The van der Waals surface area contributed by atoms with E-state index in [0.29, 0.717) is 6.61 Å². The first-order valence-electron chi connectivity index (χ1n) is 5.23. The van der Waals surface area contributed by atoms with Gasteiger partial charge in [0.1, 0.15) is 12.4 Å². The summed E-state index contributed by atoms with van der Waals surface area (Å²) in [5, 5.41) is 12.9. The molecular formula is C11H12BrN3OS. The van der Waals surface area contributed by atoms with Crippen LogP contribution in [0.5, 0.6) is 5.75 Å². The van der Waals surface area contributed by atoms with Crippen molar-refractivity contribution in [1.82, 2.24) is 10.2 Å². The van der Waals surface area contributed by atoms with Gasteiger partial charge < -0.3 is 10.1 Å². The van der Waals surface area contributed by atoms with Gasteiger partial charge in [-0.3, -0.25) is 0 Å². The van der Waals surface area contributed by atoms with E-state index in [0.717, 1.165) is 26.9 Å².